The average molecular weight is 255 g/mol. The number of H-pyrrole nitrogens is 1. The molecule has 0 unspecified atom stereocenters. The quantitative estimate of drug-likeness (QED) is 0.764. The summed E-state index contributed by atoms with van der Waals surface area (Å²) in [6.07, 6.45) is 0. The molecule has 0 radical (unpaired) electrons. The lowest BCUT2D eigenvalue weighted by Gasteiger charge is -2.06. The van der Waals surface area contributed by atoms with Crippen LogP contribution in [0.4, 0.5) is 4.39 Å². The number of aromatic nitrogens is 3. The van der Waals surface area contributed by atoms with E-state index in [4.69, 9.17) is 0 Å². The van der Waals surface area contributed by atoms with Gasteiger partial charge in [-0.2, -0.15) is 5.10 Å². The summed E-state index contributed by atoms with van der Waals surface area (Å²) in [5.74, 6) is -0.0844. The van der Waals surface area contributed by atoms with E-state index >= 15 is 0 Å². The Morgan fingerprint density at radius 1 is 1.00 bits per heavy atom. The first-order chi connectivity index (χ1) is 9.27. The van der Waals surface area contributed by atoms with Crippen LogP contribution in [0.25, 0.3) is 17.1 Å². The molecule has 1 aromatic heterocycles. The summed E-state index contributed by atoms with van der Waals surface area (Å²) in [7, 11) is 0. The Hall–Kier alpha value is -2.69. The van der Waals surface area contributed by atoms with Gasteiger partial charge in [-0.3, -0.25) is 0 Å². The molecule has 0 atom stereocenters. The van der Waals surface area contributed by atoms with Crippen LogP contribution < -0.4 is 5.69 Å². The van der Waals surface area contributed by atoms with Crippen LogP contribution in [-0.2, 0) is 0 Å². The van der Waals surface area contributed by atoms with Gasteiger partial charge in [0.1, 0.15) is 5.82 Å². The Morgan fingerprint density at radius 2 is 1.68 bits per heavy atom. The number of halogens is 1. The standard InChI is InChI=1S/C14H10FN3O/c15-11-8-4-5-9-12(11)18-13(16-17-14(18)19)10-6-2-1-3-7-10/h1-9H,(H,17,19). The molecule has 94 valence electrons. The van der Waals surface area contributed by atoms with E-state index in [1.54, 1.807) is 18.2 Å². The number of benzene rings is 2. The molecular formula is C14H10FN3O. The van der Waals surface area contributed by atoms with Gasteiger partial charge in [-0.15, -0.1) is 0 Å². The van der Waals surface area contributed by atoms with Crippen LogP contribution in [0.15, 0.2) is 59.4 Å². The smallest absolute Gasteiger partial charge is 0.246 e. The average Bonchev–Trinajstić information content (AvgIpc) is 2.82. The lowest BCUT2D eigenvalue weighted by atomic mass is 10.2. The number of aromatic amines is 1. The molecule has 0 aliphatic heterocycles. The van der Waals surface area contributed by atoms with E-state index in [2.05, 4.69) is 10.2 Å². The van der Waals surface area contributed by atoms with Crippen LogP contribution in [0, 0.1) is 5.82 Å². The van der Waals surface area contributed by atoms with Crippen molar-refractivity contribution in [3.8, 4) is 17.1 Å². The fourth-order valence-corrected chi connectivity index (χ4v) is 1.93. The maximum atomic E-state index is 13.8. The molecule has 0 aliphatic carbocycles. The molecule has 0 aliphatic rings. The van der Waals surface area contributed by atoms with Crippen molar-refractivity contribution in [3.05, 3.63) is 70.9 Å². The second-order valence-electron chi connectivity index (χ2n) is 4.01. The highest BCUT2D eigenvalue weighted by molar-refractivity contribution is 5.57. The van der Waals surface area contributed by atoms with Gasteiger partial charge in [0.05, 0.1) is 5.69 Å². The molecule has 19 heavy (non-hydrogen) atoms. The lowest BCUT2D eigenvalue weighted by molar-refractivity contribution is 0.617. The number of hydrogen-bond donors (Lipinski definition) is 1. The molecule has 3 aromatic rings. The van der Waals surface area contributed by atoms with Crippen molar-refractivity contribution < 1.29 is 4.39 Å². The zero-order chi connectivity index (χ0) is 13.2. The number of nitrogens with zero attached hydrogens (tertiary/aromatic N) is 2. The summed E-state index contributed by atoms with van der Waals surface area (Å²) in [6, 6.07) is 15.3. The minimum Gasteiger partial charge on any atom is -0.246 e. The van der Waals surface area contributed by atoms with Gasteiger partial charge in [0.2, 0.25) is 0 Å². The van der Waals surface area contributed by atoms with E-state index in [9.17, 15) is 9.18 Å². The minimum absolute atomic E-state index is 0.181. The Balaban J connectivity index is 2.26. The van der Waals surface area contributed by atoms with Gasteiger partial charge >= 0.3 is 5.69 Å². The predicted molar refractivity (Wildman–Crippen MR) is 69.6 cm³/mol. The van der Waals surface area contributed by atoms with E-state index in [-0.39, 0.29) is 5.69 Å². The van der Waals surface area contributed by atoms with Crippen molar-refractivity contribution in [1.82, 2.24) is 14.8 Å². The van der Waals surface area contributed by atoms with Crippen molar-refractivity contribution in [1.29, 1.82) is 0 Å². The topological polar surface area (TPSA) is 50.7 Å². The molecule has 0 bridgehead atoms. The van der Waals surface area contributed by atoms with Gasteiger partial charge in [-0.25, -0.2) is 18.9 Å². The van der Waals surface area contributed by atoms with Gasteiger partial charge in [0.15, 0.2) is 5.82 Å². The second-order valence-corrected chi connectivity index (χ2v) is 4.01. The van der Waals surface area contributed by atoms with Crippen molar-refractivity contribution in [2.75, 3.05) is 0 Å². The predicted octanol–water partition coefficient (Wildman–Crippen LogP) is 2.37. The molecule has 1 heterocycles. The van der Waals surface area contributed by atoms with Crippen LogP contribution in [0.5, 0.6) is 0 Å². The number of nitrogens with one attached hydrogen (secondary N) is 1. The van der Waals surface area contributed by atoms with Gasteiger partial charge in [-0.05, 0) is 12.1 Å². The molecule has 0 saturated carbocycles. The van der Waals surface area contributed by atoms with Gasteiger partial charge in [-0.1, -0.05) is 42.5 Å². The Labute approximate surface area is 108 Å². The number of para-hydroxylation sites is 1. The molecule has 3 rings (SSSR count). The van der Waals surface area contributed by atoms with Crippen molar-refractivity contribution >= 4 is 0 Å². The molecule has 2 aromatic carbocycles. The Kier molecular flexibility index (Phi) is 2.72. The van der Waals surface area contributed by atoms with Crippen molar-refractivity contribution in [3.63, 3.8) is 0 Å². The molecule has 5 heteroatoms. The van der Waals surface area contributed by atoms with E-state index < -0.39 is 11.5 Å². The van der Waals surface area contributed by atoms with Crippen LogP contribution in [0.3, 0.4) is 0 Å². The monoisotopic (exact) mass is 255 g/mol. The fraction of sp³-hybridized carbons (Fsp3) is 0. The number of rotatable bonds is 2. The first-order valence-corrected chi connectivity index (χ1v) is 5.75. The maximum absolute atomic E-state index is 13.8. The highest BCUT2D eigenvalue weighted by Crippen LogP contribution is 2.19. The van der Waals surface area contributed by atoms with Gasteiger partial charge in [0, 0.05) is 5.56 Å². The molecule has 4 nitrogen and oxygen atoms in total. The summed E-state index contributed by atoms with van der Waals surface area (Å²) < 4.78 is 15.1. The van der Waals surface area contributed by atoms with E-state index in [0.29, 0.717) is 5.82 Å². The van der Waals surface area contributed by atoms with E-state index in [0.717, 1.165) is 5.56 Å². The van der Waals surface area contributed by atoms with Crippen molar-refractivity contribution in [2.45, 2.75) is 0 Å². The van der Waals surface area contributed by atoms with Crippen LogP contribution in [-0.4, -0.2) is 14.8 Å². The molecule has 0 fully saturated rings. The van der Waals surface area contributed by atoms with Gasteiger partial charge in [0.25, 0.3) is 0 Å². The molecular weight excluding hydrogens is 245 g/mol. The maximum Gasteiger partial charge on any atom is 0.348 e. The summed E-state index contributed by atoms with van der Waals surface area (Å²) in [5.41, 5.74) is 0.452. The molecule has 0 amide bonds. The third kappa shape index (κ3) is 1.95. The number of hydrogen-bond acceptors (Lipinski definition) is 2. The van der Waals surface area contributed by atoms with Crippen LogP contribution in [0.2, 0.25) is 0 Å². The molecule has 0 saturated heterocycles. The SMILES string of the molecule is O=c1[nH]nc(-c2ccccc2)n1-c1ccccc1F. The zero-order valence-electron chi connectivity index (χ0n) is 9.88. The Morgan fingerprint density at radius 3 is 2.42 bits per heavy atom. The molecule has 0 spiro atoms. The fourth-order valence-electron chi connectivity index (χ4n) is 1.93. The normalized spacial score (nSPS) is 10.6. The van der Waals surface area contributed by atoms with E-state index in [1.165, 1.54) is 10.6 Å². The first-order valence-electron chi connectivity index (χ1n) is 5.75. The third-order valence-corrected chi connectivity index (χ3v) is 2.80. The summed E-state index contributed by atoms with van der Waals surface area (Å²) >= 11 is 0. The Bertz CT molecular complexity index is 762. The van der Waals surface area contributed by atoms with Crippen LogP contribution >= 0.6 is 0 Å². The third-order valence-electron chi connectivity index (χ3n) is 2.80. The largest absolute Gasteiger partial charge is 0.348 e. The van der Waals surface area contributed by atoms with Crippen LogP contribution in [0.1, 0.15) is 0 Å². The van der Waals surface area contributed by atoms with Crippen molar-refractivity contribution in [2.24, 2.45) is 0 Å². The lowest BCUT2D eigenvalue weighted by Crippen LogP contribution is -2.16. The minimum atomic E-state index is -0.469. The highest BCUT2D eigenvalue weighted by atomic mass is 19.1. The zero-order valence-corrected chi connectivity index (χ0v) is 9.88. The second kappa shape index (κ2) is 4.53. The molecule has 1 N–H and O–H groups in total. The van der Waals surface area contributed by atoms with E-state index in [1.807, 2.05) is 30.3 Å². The summed E-state index contributed by atoms with van der Waals surface area (Å²) in [5, 5.41) is 6.31. The van der Waals surface area contributed by atoms with Gasteiger partial charge < -0.3 is 0 Å². The highest BCUT2D eigenvalue weighted by Gasteiger charge is 2.14. The summed E-state index contributed by atoms with van der Waals surface area (Å²) in [4.78, 5) is 11.8. The summed E-state index contributed by atoms with van der Waals surface area (Å²) in [6.45, 7) is 0. The first kappa shape index (κ1) is 11.4.